The number of nitrogens with zero attached hydrogens (tertiary/aromatic N) is 1. The summed E-state index contributed by atoms with van der Waals surface area (Å²) in [5, 5.41) is 2.87. The Kier molecular flexibility index (Phi) is 6.20. The normalized spacial score (nSPS) is 13.9. The highest BCUT2D eigenvalue weighted by Gasteiger charge is 2.26. The topological polar surface area (TPSA) is 42.0 Å². The van der Waals surface area contributed by atoms with Crippen LogP contribution in [0.5, 0.6) is 0 Å². The van der Waals surface area contributed by atoms with Gasteiger partial charge in [0.05, 0.1) is 16.2 Å². The molecule has 0 aliphatic heterocycles. The summed E-state index contributed by atoms with van der Waals surface area (Å²) in [6, 6.07) is 1.21. The largest absolute Gasteiger partial charge is 0.344 e. The second-order valence-corrected chi connectivity index (χ2v) is 5.86. The Balaban J connectivity index is 2.82. The summed E-state index contributed by atoms with van der Waals surface area (Å²) in [6.07, 6.45) is 3.81. The van der Waals surface area contributed by atoms with Crippen molar-refractivity contribution < 1.29 is 9.18 Å². The van der Waals surface area contributed by atoms with Crippen LogP contribution >= 0.6 is 27.5 Å². The van der Waals surface area contributed by atoms with Gasteiger partial charge in [0.1, 0.15) is 11.5 Å². The zero-order valence-electron chi connectivity index (χ0n) is 11.0. The van der Waals surface area contributed by atoms with E-state index in [1.807, 2.05) is 6.92 Å². The van der Waals surface area contributed by atoms with Crippen LogP contribution in [0.25, 0.3) is 0 Å². The number of alkyl halides is 1. The van der Waals surface area contributed by atoms with Crippen LogP contribution in [0.15, 0.2) is 16.7 Å². The molecule has 0 aliphatic carbocycles. The standard InChI is InChI=1S/C13H17BrClFN2O/c1-3-4-5-13(2,8-15)18-12(19)11-10(14)6-9(16)7-17-11/h6-7H,3-5,8H2,1-2H3,(H,18,19)/t13-/m1/s1. The van der Waals surface area contributed by atoms with Crippen LogP contribution < -0.4 is 5.32 Å². The number of hydrogen-bond acceptors (Lipinski definition) is 2. The van der Waals surface area contributed by atoms with Crippen molar-refractivity contribution in [3.8, 4) is 0 Å². The summed E-state index contributed by atoms with van der Waals surface area (Å²) in [5.74, 6) is -0.530. The monoisotopic (exact) mass is 350 g/mol. The van der Waals surface area contributed by atoms with E-state index in [-0.39, 0.29) is 11.6 Å². The highest BCUT2D eigenvalue weighted by Crippen LogP contribution is 2.19. The third kappa shape index (κ3) is 4.73. The van der Waals surface area contributed by atoms with Gasteiger partial charge >= 0.3 is 0 Å². The molecular weight excluding hydrogens is 335 g/mol. The van der Waals surface area contributed by atoms with Crippen LogP contribution in [0.1, 0.15) is 43.6 Å². The number of pyridine rings is 1. The van der Waals surface area contributed by atoms with Gasteiger partial charge in [-0.05, 0) is 35.3 Å². The summed E-state index contributed by atoms with van der Waals surface area (Å²) in [7, 11) is 0. The van der Waals surface area contributed by atoms with Crippen LogP contribution in [0.2, 0.25) is 0 Å². The van der Waals surface area contributed by atoms with Crippen molar-refractivity contribution in [2.24, 2.45) is 0 Å². The molecule has 6 heteroatoms. The predicted octanol–water partition coefficient (Wildman–Crippen LogP) is 3.90. The van der Waals surface area contributed by atoms with E-state index in [1.54, 1.807) is 0 Å². The van der Waals surface area contributed by atoms with E-state index in [2.05, 4.69) is 33.2 Å². The number of carbonyl (C=O) groups excluding carboxylic acids is 1. The molecule has 0 bridgehead atoms. The Morgan fingerprint density at radius 3 is 2.84 bits per heavy atom. The SMILES string of the molecule is CCCC[C@](C)(CCl)NC(=O)c1ncc(F)cc1Br. The fourth-order valence-electron chi connectivity index (χ4n) is 1.64. The van der Waals surface area contributed by atoms with E-state index >= 15 is 0 Å². The predicted molar refractivity (Wildman–Crippen MR) is 78.0 cm³/mol. The minimum Gasteiger partial charge on any atom is -0.344 e. The van der Waals surface area contributed by atoms with E-state index in [1.165, 1.54) is 6.07 Å². The molecule has 0 radical (unpaired) electrons. The smallest absolute Gasteiger partial charge is 0.271 e. The average Bonchev–Trinajstić information content (AvgIpc) is 2.36. The first kappa shape index (κ1) is 16.4. The van der Waals surface area contributed by atoms with Crippen molar-refractivity contribution >= 4 is 33.4 Å². The number of halogens is 3. The number of carbonyl (C=O) groups is 1. The maximum absolute atomic E-state index is 12.9. The Labute approximate surface area is 126 Å². The lowest BCUT2D eigenvalue weighted by Crippen LogP contribution is -2.47. The number of aromatic nitrogens is 1. The molecule has 19 heavy (non-hydrogen) atoms. The van der Waals surface area contributed by atoms with E-state index in [9.17, 15) is 9.18 Å². The van der Waals surface area contributed by atoms with Crippen LogP contribution in [-0.4, -0.2) is 22.3 Å². The van der Waals surface area contributed by atoms with E-state index in [4.69, 9.17) is 11.6 Å². The lowest BCUT2D eigenvalue weighted by molar-refractivity contribution is 0.0903. The molecule has 0 spiro atoms. The molecule has 0 unspecified atom stereocenters. The summed E-state index contributed by atoms with van der Waals surface area (Å²) in [6.45, 7) is 3.97. The van der Waals surface area contributed by atoms with E-state index in [0.29, 0.717) is 10.4 Å². The van der Waals surface area contributed by atoms with Crippen LogP contribution in [0, 0.1) is 5.82 Å². The van der Waals surface area contributed by atoms with Crippen molar-refractivity contribution in [3.63, 3.8) is 0 Å². The van der Waals surface area contributed by atoms with Gasteiger partial charge in [-0.1, -0.05) is 19.8 Å². The molecule has 1 N–H and O–H groups in total. The van der Waals surface area contributed by atoms with Gasteiger partial charge in [0.2, 0.25) is 0 Å². The van der Waals surface area contributed by atoms with Gasteiger partial charge in [-0.2, -0.15) is 0 Å². The third-order valence-corrected chi connectivity index (χ3v) is 4.01. The number of unbranched alkanes of at least 4 members (excludes halogenated alkanes) is 1. The second-order valence-electron chi connectivity index (χ2n) is 4.74. The highest BCUT2D eigenvalue weighted by atomic mass is 79.9. The molecule has 3 nitrogen and oxygen atoms in total. The molecule has 0 fully saturated rings. The van der Waals surface area contributed by atoms with Crippen molar-refractivity contribution in [2.75, 3.05) is 5.88 Å². The van der Waals surface area contributed by atoms with Gasteiger partial charge in [-0.3, -0.25) is 4.79 Å². The first-order chi connectivity index (χ1) is 8.91. The maximum Gasteiger partial charge on any atom is 0.271 e. The van der Waals surface area contributed by atoms with Crippen LogP contribution in [0.4, 0.5) is 4.39 Å². The Hall–Kier alpha value is -0.680. The number of hydrogen-bond donors (Lipinski definition) is 1. The average molecular weight is 352 g/mol. The number of rotatable bonds is 6. The summed E-state index contributed by atoms with van der Waals surface area (Å²) in [5.41, 5.74) is -0.321. The minimum atomic E-state index is -0.491. The molecule has 1 atom stereocenters. The molecule has 0 saturated heterocycles. The molecular formula is C13H17BrClFN2O. The molecule has 106 valence electrons. The molecule has 1 rings (SSSR count). The highest BCUT2D eigenvalue weighted by molar-refractivity contribution is 9.10. The molecule has 0 aromatic carbocycles. The molecule has 1 amide bonds. The summed E-state index contributed by atoms with van der Waals surface area (Å²) in [4.78, 5) is 15.9. The van der Waals surface area contributed by atoms with E-state index < -0.39 is 11.4 Å². The lowest BCUT2D eigenvalue weighted by atomic mass is 9.97. The van der Waals surface area contributed by atoms with Crippen molar-refractivity contribution in [3.05, 3.63) is 28.2 Å². The molecule has 0 aliphatic rings. The van der Waals surface area contributed by atoms with Crippen LogP contribution in [-0.2, 0) is 0 Å². The van der Waals surface area contributed by atoms with Crippen LogP contribution in [0.3, 0.4) is 0 Å². The van der Waals surface area contributed by atoms with Crippen molar-refractivity contribution in [1.82, 2.24) is 10.3 Å². The molecule has 1 aromatic heterocycles. The first-order valence-corrected chi connectivity index (χ1v) is 7.44. The van der Waals surface area contributed by atoms with Crippen molar-refractivity contribution in [1.29, 1.82) is 0 Å². The maximum atomic E-state index is 12.9. The zero-order valence-corrected chi connectivity index (χ0v) is 13.3. The molecule has 0 saturated carbocycles. The summed E-state index contributed by atoms with van der Waals surface area (Å²) >= 11 is 9.07. The van der Waals surface area contributed by atoms with Gasteiger partial charge in [-0.25, -0.2) is 9.37 Å². The van der Waals surface area contributed by atoms with Gasteiger partial charge in [-0.15, -0.1) is 11.6 Å². The second kappa shape index (κ2) is 7.20. The number of amides is 1. The van der Waals surface area contributed by atoms with Gasteiger partial charge in [0, 0.05) is 5.88 Å². The quantitative estimate of drug-likeness (QED) is 0.790. The van der Waals surface area contributed by atoms with Crippen molar-refractivity contribution in [2.45, 2.75) is 38.6 Å². The first-order valence-electron chi connectivity index (χ1n) is 6.11. The van der Waals surface area contributed by atoms with Gasteiger partial charge in [0.25, 0.3) is 5.91 Å². The Bertz CT molecular complexity index is 458. The Morgan fingerprint density at radius 1 is 1.63 bits per heavy atom. The number of nitrogens with one attached hydrogen (secondary N) is 1. The van der Waals surface area contributed by atoms with Gasteiger partial charge < -0.3 is 5.32 Å². The fourth-order valence-corrected chi connectivity index (χ4v) is 2.35. The minimum absolute atomic E-state index is 0.161. The summed E-state index contributed by atoms with van der Waals surface area (Å²) < 4.78 is 13.3. The molecule has 1 heterocycles. The lowest BCUT2D eigenvalue weighted by Gasteiger charge is -2.28. The third-order valence-electron chi connectivity index (χ3n) is 2.82. The Morgan fingerprint density at radius 2 is 2.32 bits per heavy atom. The van der Waals surface area contributed by atoms with Gasteiger partial charge in [0.15, 0.2) is 0 Å². The zero-order chi connectivity index (χ0) is 14.5. The fraction of sp³-hybridized carbons (Fsp3) is 0.538. The molecule has 1 aromatic rings. The van der Waals surface area contributed by atoms with E-state index in [0.717, 1.165) is 25.5 Å².